The molecule has 0 aliphatic rings. The topological polar surface area (TPSA) is 31.5 Å². The standard InChI is InChI=1S/Bi.H2O.Pd.2Se/h;1H2;;;. The molecule has 0 unspecified atom stereocenters. The number of rotatable bonds is 0. The molecule has 5 heteroatoms. The van der Waals surface area contributed by atoms with Crippen molar-refractivity contribution in [1.29, 1.82) is 0 Å². The average molecular weight is 491 g/mol. The molecule has 0 bridgehead atoms. The summed E-state index contributed by atoms with van der Waals surface area (Å²) in [5, 5.41) is 0. The van der Waals surface area contributed by atoms with Gasteiger partial charge in [-0.3, -0.25) is 0 Å². The van der Waals surface area contributed by atoms with Crippen LogP contribution in [-0.4, -0.2) is 61.7 Å². The second kappa shape index (κ2) is 31.1. The van der Waals surface area contributed by atoms with Crippen LogP contribution in [0.15, 0.2) is 0 Å². The van der Waals surface area contributed by atoms with Gasteiger partial charge in [-0.1, -0.05) is 0 Å². The van der Waals surface area contributed by atoms with Gasteiger partial charge >= 0.3 is 29.6 Å². The second-order valence-corrected chi connectivity index (χ2v) is 0. The van der Waals surface area contributed by atoms with Crippen LogP contribution in [0.4, 0.5) is 0 Å². The molecule has 0 atom stereocenters. The van der Waals surface area contributed by atoms with Crippen molar-refractivity contribution in [3.05, 3.63) is 0 Å². The summed E-state index contributed by atoms with van der Waals surface area (Å²) in [7, 11) is 0. The molecule has 35 valence electrons. The molecule has 0 heterocycles. The van der Waals surface area contributed by atoms with Gasteiger partial charge in [0.05, 0.1) is 0 Å². The number of hydrogen-bond donors (Lipinski definition) is 0. The molecule has 0 saturated carbocycles. The van der Waals surface area contributed by atoms with E-state index in [4.69, 9.17) is 0 Å². The Bertz CT molecular complexity index is 9.61. The van der Waals surface area contributed by atoms with E-state index < -0.39 is 0 Å². The first kappa shape index (κ1) is 25.7. The van der Waals surface area contributed by atoms with Gasteiger partial charge in [0.2, 0.25) is 0 Å². The zero-order chi connectivity index (χ0) is 2.00. The zero-order valence-corrected chi connectivity index (χ0v) is 10.5. The summed E-state index contributed by atoms with van der Waals surface area (Å²) in [5.74, 6) is 0. The summed E-state index contributed by atoms with van der Waals surface area (Å²) in [6, 6.07) is 0. The number of hydrogen-bond acceptors (Lipinski definition) is 0. The van der Waals surface area contributed by atoms with E-state index in [1.165, 1.54) is 0 Å². The second-order valence-electron chi connectivity index (χ2n) is 0. The summed E-state index contributed by atoms with van der Waals surface area (Å²) in [6.45, 7) is 0. The maximum absolute atomic E-state index is 2.62. The van der Waals surface area contributed by atoms with Crippen LogP contribution in [0, 0.1) is 0 Å². The first-order chi connectivity index (χ1) is 1.00. The van der Waals surface area contributed by atoms with E-state index >= 15 is 0 Å². The van der Waals surface area contributed by atoms with Crippen LogP contribution in [0.5, 0.6) is 0 Å². The molecule has 0 aliphatic carbocycles. The molecule has 5 heavy (non-hydrogen) atoms. The van der Waals surface area contributed by atoms with Gasteiger partial charge in [-0.25, -0.2) is 0 Å². The Morgan fingerprint density at radius 2 is 1.20 bits per heavy atom. The van der Waals surface area contributed by atoms with E-state index in [0.29, 0.717) is 0 Å². The molecular weight excluding hydrogens is 489 g/mol. The van der Waals surface area contributed by atoms with Crippen molar-refractivity contribution in [2.45, 2.75) is 0 Å². The molecule has 0 amide bonds. The van der Waals surface area contributed by atoms with Crippen molar-refractivity contribution < 1.29 is 22.1 Å². The Labute approximate surface area is 77.1 Å². The molecule has 0 aromatic carbocycles. The van der Waals surface area contributed by atoms with Gasteiger partial charge in [0.25, 0.3) is 0 Å². The molecule has 2 N–H and O–H groups in total. The zero-order valence-electron chi connectivity index (χ0n) is 2.08. The molecule has 1 nitrogen and oxygen atoms in total. The van der Waals surface area contributed by atoms with Crippen LogP contribution in [0.1, 0.15) is 0 Å². The summed E-state index contributed by atoms with van der Waals surface area (Å²) < 4.78 is 0. The van der Waals surface area contributed by atoms with Gasteiger partial charge < -0.3 is 5.48 Å². The van der Waals surface area contributed by atoms with Crippen molar-refractivity contribution in [3.63, 3.8) is 0 Å². The van der Waals surface area contributed by atoms with Crippen molar-refractivity contribution in [2.24, 2.45) is 0 Å². The summed E-state index contributed by atoms with van der Waals surface area (Å²) in [6.07, 6.45) is 0. The molecule has 0 spiro atoms. The fraction of sp³-hybridized carbons (Fsp3) is 0. The third-order valence-electron chi connectivity index (χ3n) is 0. The van der Waals surface area contributed by atoms with Gasteiger partial charge in [0.1, 0.15) is 0 Å². The fourth-order valence-electron chi connectivity index (χ4n) is 0. The molecule has 5 radical (unpaired) electrons. The predicted octanol–water partition coefficient (Wildman–Crippen LogP) is -1.97. The quantitative estimate of drug-likeness (QED) is 0.353. The van der Waals surface area contributed by atoms with Gasteiger partial charge in [0.15, 0.2) is 0 Å². The van der Waals surface area contributed by atoms with Crippen molar-refractivity contribution in [2.75, 3.05) is 0 Å². The van der Waals surface area contributed by atoms with Crippen LogP contribution < -0.4 is 0 Å². The Balaban J connectivity index is -0.00000000167. The molecule has 0 aromatic rings. The van der Waals surface area contributed by atoms with Crippen molar-refractivity contribution in [3.8, 4) is 0 Å². The Hall–Kier alpha value is 2.54. The monoisotopic (exact) mass is 493 g/mol. The Kier molecular flexibility index (Phi) is 160. The van der Waals surface area contributed by atoms with Crippen LogP contribution in [0.2, 0.25) is 0 Å². The average Bonchev–Trinajstić information content (AvgIpc) is 1.00. The van der Waals surface area contributed by atoms with Crippen LogP contribution >= 0.6 is 0 Å². The Morgan fingerprint density at radius 1 is 1.20 bits per heavy atom. The van der Waals surface area contributed by atoms with Gasteiger partial charge in [0, 0.05) is 43.3 Å². The van der Waals surface area contributed by atoms with Gasteiger partial charge in [-0.05, 0) is 0 Å². The van der Waals surface area contributed by atoms with Crippen LogP contribution in [0.3, 0.4) is 0 Å². The molecule has 0 aliphatic heterocycles. The first-order valence-corrected chi connectivity index (χ1v) is 3.97. The minimum absolute atomic E-state index is 0. The van der Waals surface area contributed by atoms with Crippen molar-refractivity contribution >= 4 is 56.2 Å². The van der Waals surface area contributed by atoms with Gasteiger partial charge in [-0.15, -0.1) is 0 Å². The fourth-order valence-corrected chi connectivity index (χ4v) is 0. The minimum atomic E-state index is 0. The molecular formula is H2BiOPdSe2. The summed E-state index contributed by atoms with van der Waals surface area (Å²) >= 11 is 5.10. The molecule has 0 rings (SSSR count). The SMILES string of the molecule is O.[Bi].[Se].[Se]=[Pd]. The summed E-state index contributed by atoms with van der Waals surface area (Å²) in [4.78, 5) is 0. The maximum atomic E-state index is 2.62. The van der Waals surface area contributed by atoms with E-state index in [1.54, 1.807) is 0 Å². The van der Waals surface area contributed by atoms with E-state index in [0.717, 1.165) is 0 Å². The molecule has 0 saturated heterocycles. The van der Waals surface area contributed by atoms with E-state index in [2.05, 4.69) is 29.6 Å². The van der Waals surface area contributed by atoms with Gasteiger partial charge in [-0.2, -0.15) is 0 Å². The van der Waals surface area contributed by atoms with Crippen molar-refractivity contribution in [1.82, 2.24) is 0 Å². The van der Waals surface area contributed by atoms with Crippen LogP contribution in [-0.2, 0) is 16.6 Å². The molecule has 0 aromatic heterocycles. The van der Waals surface area contributed by atoms with Crippen LogP contribution in [0.25, 0.3) is 0 Å². The third-order valence-corrected chi connectivity index (χ3v) is 0. The third kappa shape index (κ3) is 20.9. The molecule has 0 fully saturated rings. The van der Waals surface area contributed by atoms with E-state index in [-0.39, 0.29) is 48.7 Å². The normalized spacial score (nSPS) is 1.20. The van der Waals surface area contributed by atoms with E-state index in [1.807, 2.05) is 0 Å². The predicted molar refractivity (Wildman–Crippen MR) is 20.9 cm³/mol. The first-order valence-electron chi connectivity index (χ1n) is 0.129. The summed E-state index contributed by atoms with van der Waals surface area (Å²) in [5.41, 5.74) is 0. The Morgan fingerprint density at radius 3 is 1.20 bits per heavy atom. The van der Waals surface area contributed by atoms with E-state index in [9.17, 15) is 0 Å².